The van der Waals surface area contributed by atoms with Crippen molar-refractivity contribution in [3.63, 3.8) is 0 Å². The molecule has 1 unspecified atom stereocenters. The smallest absolute Gasteiger partial charge is 0.0603 e. The van der Waals surface area contributed by atoms with Gasteiger partial charge in [-0.2, -0.15) is 0 Å². The highest BCUT2D eigenvalue weighted by Crippen LogP contribution is 2.07. The maximum absolute atomic E-state index is 9.08. The summed E-state index contributed by atoms with van der Waals surface area (Å²) in [7, 11) is 0. The molecule has 1 atom stereocenters. The number of rotatable bonds is 2. The maximum atomic E-state index is 9.08. The van der Waals surface area contributed by atoms with E-state index in [1.165, 1.54) is 5.57 Å². The monoisotopic (exact) mass is 151 g/mol. The molecule has 0 radical (unpaired) electrons. The zero-order valence-corrected chi connectivity index (χ0v) is 6.70. The van der Waals surface area contributed by atoms with Crippen molar-refractivity contribution in [3.8, 4) is 0 Å². The van der Waals surface area contributed by atoms with Crippen LogP contribution in [0.4, 0.5) is 0 Å². The minimum absolute atomic E-state index is 0.261. The first-order valence-electron chi connectivity index (χ1n) is 3.81. The van der Waals surface area contributed by atoms with Crippen LogP contribution in [0.5, 0.6) is 0 Å². The molecule has 1 N–H and O–H groups in total. The molecule has 0 aromatic rings. The van der Waals surface area contributed by atoms with Gasteiger partial charge in [0.2, 0.25) is 0 Å². The van der Waals surface area contributed by atoms with Crippen LogP contribution in [0.2, 0.25) is 0 Å². The largest absolute Gasteiger partial charge is 0.393 e. The fraction of sp³-hybridized carbons (Fsp3) is 0.444. The average Bonchev–Trinajstić information content (AvgIpc) is 2.14. The van der Waals surface area contributed by atoms with Crippen LogP contribution in [0.3, 0.4) is 0 Å². The lowest BCUT2D eigenvalue weighted by atomic mass is 10.1. The topological polar surface area (TPSA) is 32.6 Å². The number of nitrogens with zero attached hydrogens (tertiary/aromatic N) is 1. The number of allylic oxidation sites excluding steroid dienone is 3. The van der Waals surface area contributed by atoms with Gasteiger partial charge >= 0.3 is 0 Å². The van der Waals surface area contributed by atoms with Crippen molar-refractivity contribution in [2.24, 2.45) is 4.99 Å². The molecule has 1 rings (SSSR count). The van der Waals surface area contributed by atoms with Gasteiger partial charge in [0.05, 0.1) is 12.6 Å². The van der Waals surface area contributed by atoms with Gasteiger partial charge in [-0.15, -0.1) is 0 Å². The second-order valence-corrected chi connectivity index (χ2v) is 2.75. The van der Waals surface area contributed by atoms with Crippen molar-refractivity contribution in [2.75, 3.05) is 6.54 Å². The number of hydrogen-bond donors (Lipinski definition) is 1. The van der Waals surface area contributed by atoms with Gasteiger partial charge in [-0.1, -0.05) is 12.2 Å². The zero-order chi connectivity index (χ0) is 8.10. The summed E-state index contributed by atoms with van der Waals surface area (Å²) in [6.07, 6.45) is 8.11. The molecule has 0 fully saturated rings. The van der Waals surface area contributed by atoms with E-state index >= 15 is 0 Å². The predicted molar refractivity (Wildman–Crippen MR) is 46.9 cm³/mol. The number of aliphatic hydroxyl groups is 1. The van der Waals surface area contributed by atoms with E-state index in [1.54, 1.807) is 13.1 Å². The van der Waals surface area contributed by atoms with E-state index in [0.29, 0.717) is 0 Å². The van der Waals surface area contributed by atoms with Gasteiger partial charge in [-0.05, 0) is 25.0 Å². The lowest BCUT2D eigenvalue weighted by Gasteiger charge is -2.04. The van der Waals surface area contributed by atoms with E-state index in [4.69, 9.17) is 5.11 Å². The summed E-state index contributed by atoms with van der Waals surface area (Å²) in [4.78, 5) is 4.11. The molecule has 1 heterocycles. The highest BCUT2D eigenvalue weighted by Gasteiger charge is 2.00. The molecule has 0 aliphatic carbocycles. The van der Waals surface area contributed by atoms with Crippen molar-refractivity contribution in [1.82, 2.24) is 0 Å². The third-order valence-corrected chi connectivity index (χ3v) is 1.49. The molecule has 0 aromatic heterocycles. The van der Waals surface area contributed by atoms with Crippen LogP contribution in [0.1, 0.15) is 13.3 Å². The Morgan fingerprint density at radius 1 is 1.64 bits per heavy atom. The Kier molecular flexibility index (Phi) is 3.05. The molecule has 1 aliphatic rings. The average molecular weight is 151 g/mol. The lowest BCUT2D eigenvalue weighted by molar-refractivity contribution is 0.195. The molecule has 11 heavy (non-hydrogen) atoms. The Labute approximate surface area is 67.0 Å². The van der Waals surface area contributed by atoms with Crippen LogP contribution in [-0.2, 0) is 0 Å². The van der Waals surface area contributed by atoms with Crippen LogP contribution in [-0.4, -0.2) is 24.0 Å². The lowest BCUT2D eigenvalue weighted by Crippen LogP contribution is -2.02. The Hall–Kier alpha value is -0.890. The molecule has 0 aromatic carbocycles. The van der Waals surface area contributed by atoms with Crippen molar-refractivity contribution in [1.29, 1.82) is 0 Å². The van der Waals surface area contributed by atoms with E-state index in [9.17, 15) is 0 Å². The first-order valence-corrected chi connectivity index (χ1v) is 3.81. The molecule has 0 saturated carbocycles. The summed E-state index contributed by atoms with van der Waals surface area (Å²) in [5.41, 5.74) is 1.19. The van der Waals surface area contributed by atoms with Crippen molar-refractivity contribution in [2.45, 2.75) is 19.4 Å². The highest BCUT2D eigenvalue weighted by atomic mass is 16.3. The van der Waals surface area contributed by atoms with Crippen LogP contribution in [0.25, 0.3) is 0 Å². The molecule has 2 nitrogen and oxygen atoms in total. The molecule has 0 bridgehead atoms. The predicted octanol–water partition coefficient (Wildman–Crippen LogP) is 1.32. The fourth-order valence-corrected chi connectivity index (χ4v) is 1.04. The molecular formula is C9H13NO. The molecule has 0 saturated heterocycles. The van der Waals surface area contributed by atoms with E-state index < -0.39 is 0 Å². The Morgan fingerprint density at radius 2 is 2.45 bits per heavy atom. The van der Waals surface area contributed by atoms with Crippen LogP contribution in [0.15, 0.2) is 28.8 Å². The minimum Gasteiger partial charge on any atom is -0.393 e. The summed E-state index contributed by atoms with van der Waals surface area (Å²) >= 11 is 0. The van der Waals surface area contributed by atoms with E-state index in [0.717, 1.165) is 13.0 Å². The quantitative estimate of drug-likeness (QED) is 0.634. The van der Waals surface area contributed by atoms with Gasteiger partial charge in [-0.25, -0.2) is 0 Å². The third-order valence-electron chi connectivity index (χ3n) is 1.49. The van der Waals surface area contributed by atoms with Crippen LogP contribution >= 0.6 is 0 Å². The Bertz CT molecular complexity index is 202. The second kappa shape index (κ2) is 4.09. The molecule has 1 aliphatic heterocycles. The summed E-state index contributed by atoms with van der Waals surface area (Å²) < 4.78 is 0. The fourth-order valence-electron chi connectivity index (χ4n) is 1.04. The molecule has 0 amide bonds. The van der Waals surface area contributed by atoms with Gasteiger partial charge < -0.3 is 5.11 Å². The van der Waals surface area contributed by atoms with E-state index in [-0.39, 0.29) is 6.10 Å². The van der Waals surface area contributed by atoms with Gasteiger partial charge in [-0.3, -0.25) is 4.99 Å². The van der Waals surface area contributed by atoms with Gasteiger partial charge in [0.25, 0.3) is 0 Å². The van der Waals surface area contributed by atoms with Gasteiger partial charge in [0.15, 0.2) is 0 Å². The van der Waals surface area contributed by atoms with Crippen molar-refractivity contribution in [3.05, 3.63) is 23.8 Å². The van der Waals surface area contributed by atoms with E-state index in [1.807, 2.05) is 18.2 Å². The first-order chi connectivity index (χ1) is 5.29. The molecule has 60 valence electrons. The summed E-state index contributed by atoms with van der Waals surface area (Å²) in [5, 5.41) is 9.08. The minimum atomic E-state index is -0.261. The van der Waals surface area contributed by atoms with Gasteiger partial charge in [0, 0.05) is 6.21 Å². The van der Waals surface area contributed by atoms with Crippen LogP contribution in [0, 0.1) is 0 Å². The summed E-state index contributed by atoms with van der Waals surface area (Å²) in [6.45, 7) is 2.51. The zero-order valence-electron chi connectivity index (χ0n) is 6.70. The third kappa shape index (κ3) is 3.14. The Balaban J connectivity index is 2.51. The van der Waals surface area contributed by atoms with Crippen LogP contribution < -0.4 is 0 Å². The highest BCUT2D eigenvalue weighted by molar-refractivity contribution is 5.72. The summed E-state index contributed by atoms with van der Waals surface area (Å²) in [5.74, 6) is 0. The van der Waals surface area contributed by atoms with Gasteiger partial charge in [0.1, 0.15) is 0 Å². The summed E-state index contributed by atoms with van der Waals surface area (Å²) in [6, 6.07) is 0. The normalized spacial score (nSPS) is 19.3. The number of hydrogen-bond acceptors (Lipinski definition) is 2. The first kappa shape index (κ1) is 8.21. The Morgan fingerprint density at radius 3 is 3.18 bits per heavy atom. The second-order valence-electron chi connectivity index (χ2n) is 2.75. The van der Waals surface area contributed by atoms with Crippen molar-refractivity contribution >= 4 is 6.21 Å². The SMILES string of the molecule is CC(O)CC1=CC=CC=NC1. The molecule has 2 heteroatoms. The standard InChI is InChI=1S/C9H13NO/c1-8(11)6-9-4-2-3-5-10-7-9/h2-5,8,11H,6-7H2,1H3. The maximum Gasteiger partial charge on any atom is 0.0603 e. The number of aliphatic imine (C=N–C) groups is 1. The molecule has 0 spiro atoms. The molecular weight excluding hydrogens is 138 g/mol. The van der Waals surface area contributed by atoms with E-state index in [2.05, 4.69) is 4.99 Å². The number of aliphatic hydroxyl groups excluding tert-OH is 1. The van der Waals surface area contributed by atoms with Crippen molar-refractivity contribution < 1.29 is 5.11 Å².